The number of hydrogen-bond donors (Lipinski definition) is 1. The van der Waals surface area contributed by atoms with Crippen molar-refractivity contribution in [3.05, 3.63) is 44.4 Å². The van der Waals surface area contributed by atoms with E-state index < -0.39 is 0 Å². The quantitative estimate of drug-likeness (QED) is 0.429. The number of aryl methyl sites for hydroxylation is 2. The van der Waals surface area contributed by atoms with E-state index in [4.69, 9.17) is 4.52 Å². The number of ketones is 1. The molecule has 0 aliphatic carbocycles. The predicted molar refractivity (Wildman–Crippen MR) is 91.0 cm³/mol. The molecule has 1 aromatic carbocycles. The molecule has 1 aromatic heterocycles. The maximum Gasteiger partial charge on any atom is 0.235 e. The lowest BCUT2D eigenvalue weighted by molar-refractivity contribution is -0.113. The van der Waals surface area contributed by atoms with Gasteiger partial charge in [-0.25, -0.2) is 0 Å². The van der Waals surface area contributed by atoms with Crippen LogP contribution in [0.5, 0.6) is 0 Å². The maximum absolute atomic E-state index is 12.7. The summed E-state index contributed by atoms with van der Waals surface area (Å²) in [5.74, 6) is 0.0350. The fraction of sp³-hybridized carbons (Fsp3) is 0.214. The molecule has 5 nitrogen and oxygen atoms in total. The number of alkyl halides is 1. The number of carbonyl (C=O) groups excluding carboxylic acids is 2. The van der Waals surface area contributed by atoms with Crippen LogP contribution < -0.4 is 5.32 Å². The van der Waals surface area contributed by atoms with Crippen LogP contribution in [0.15, 0.2) is 22.7 Å². The minimum absolute atomic E-state index is 0.165. The highest BCUT2D eigenvalue weighted by atomic mass is 127. The first-order chi connectivity index (χ1) is 9.93. The summed E-state index contributed by atoms with van der Waals surface area (Å²) in [5, 5.41) is 6.67. The van der Waals surface area contributed by atoms with Crippen LogP contribution in [-0.4, -0.2) is 22.2 Å². The number of anilines is 1. The van der Waals surface area contributed by atoms with Crippen molar-refractivity contribution in [1.82, 2.24) is 5.16 Å². The second kappa shape index (κ2) is 6.69. The summed E-state index contributed by atoms with van der Waals surface area (Å²) < 4.78 is 5.95. The number of benzene rings is 1. The number of hydrogen-bond acceptors (Lipinski definition) is 4. The standard InChI is InChI=1S/C14H12BrIN2O3/c1-7-13(8(2)21-18-7)14(20)10-5-9(16)3-4-11(10)17-12(19)6-15/h3-5H,6H2,1-2H3,(H,17,19). The smallest absolute Gasteiger partial charge is 0.235 e. The highest BCUT2D eigenvalue weighted by molar-refractivity contribution is 14.1. The average Bonchev–Trinajstić information content (AvgIpc) is 2.79. The van der Waals surface area contributed by atoms with Gasteiger partial charge in [0.05, 0.1) is 22.3 Å². The Morgan fingerprint density at radius 3 is 2.67 bits per heavy atom. The molecule has 0 atom stereocenters. The van der Waals surface area contributed by atoms with Crippen molar-refractivity contribution in [3.63, 3.8) is 0 Å². The van der Waals surface area contributed by atoms with Crippen molar-refractivity contribution in [3.8, 4) is 0 Å². The minimum atomic E-state index is -0.218. The summed E-state index contributed by atoms with van der Waals surface area (Å²) in [4.78, 5) is 24.3. The van der Waals surface area contributed by atoms with Gasteiger partial charge >= 0.3 is 0 Å². The van der Waals surface area contributed by atoms with E-state index in [1.807, 2.05) is 6.07 Å². The number of carbonyl (C=O) groups is 2. The molecule has 1 amide bonds. The first-order valence-electron chi connectivity index (χ1n) is 6.07. The molecular formula is C14H12BrIN2O3. The first-order valence-corrected chi connectivity index (χ1v) is 8.27. The van der Waals surface area contributed by atoms with E-state index in [1.165, 1.54) is 0 Å². The topological polar surface area (TPSA) is 72.2 Å². The molecule has 110 valence electrons. The lowest BCUT2D eigenvalue weighted by Crippen LogP contribution is -2.16. The highest BCUT2D eigenvalue weighted by Gasteiger charge is 2.22. The zero-order valence-electron chi connectivity index (χ0n) is 11.4. The number of amides is 1. The third-order valence-corrected chi connectivity index (χ3v) is 4.06. The molecule has 2 aromatic rings. The highest BCUT2D eigenvalue weighted by Crippen LogP contribution is 2.25. The molecule has 0 bridgehead atoms. The second-order valence-electron chi connectivity index (χ2n) is 4.40. The Hall–Kier alpha value is -1.22. The Labute approximate surface area is 143 Å². The van der Waals surface area contributed by atoms with Crippen molar-refractivity contribution in [1.29, 1.82) is 0 Å². The molecule has 7 heteroatoms. The lowest BCUT2D eigenvalue weighted by Gasteiger charge is -2.10. The number of nitrogens with one attached hydrogen (secondary N) is 1. The van der Waals surface area contributed by atoms with Gasteiger partial charge in [-0.05, 0) is 54.6 Å². The lowest BCUT2D eigenvalue weighted by atomic mass is 10.0. The average molecular weight is 463 g/mol. The third kappa shape index (κ3) is 3.52. The van der Waals surface area contributed by atoms with E-state index in [1.54, 1.807) is 26.0 Å². The number of halogens is 2. The van der Waals surface area contributed by atoms with E-state index >= 15 is 0 Å². The summed E-state index contributed by atoms with van der Waals surface area (Å²) in [6.07, 6.45) is 0. The van der Waals surface area contributed by atoms with Crippen LogP contribution in [0.4, 0.5) is 5.69 Å². The van der Waals surface area contributed by atoms with Gasteiger partial charge in [-0.3, -0.25) is 9.59 Å². The van der Waals surface area contributed by atoms with Crippen LogP contribution in [0, 0.1) is 17.4 Å². The molecule has 0 aliphatic heterocycles. The normalized spacial score (nSPS) is 10.5. The molecule has 1 heterocycles. The molecule has 2 rings (SSSR count). The zero-order valence-corrected chi connectivity index (χ0v) is 15.1. The summed E-state index contributed by atoms with van der Waals surface area (Å²) >= 11 is 5.21. The molecule has 0 unspecified atom stereocenters. The molecule has 0 saturated heterocycles. The fourth-order valence-electron chi connectivity index (χ4n) is 1.94. The van der Waals surface area contributed by atoms with Gasteiger partial charge < -0.3 is 9.84 Å². The van der Waals surface area contributed by atoms with Crippen molar-refractivity contribution in [2.75, 3.05) is 10.6 Å². The number of aromatic nitrogens is 1. The zero-order chi connectivity index (χ0) is 15.6. The van der Waals surface area contributed by atoms with E-state index in [0.717, 1.165) is 3.57 Å². The van der Waals surface area contributed by atoms with Crippen LogP contribution in [0.25, 0.3) is 0 Å². The summed E-state index contributed by atoms with van der Waals surface area (Å²) in [5.41, 5.74) is 1.87. The van der Waals surface area contributed by atoms with Gasteiger partial charge in [0.2, 0.25) is 11.7 Å². The number of rotatable bonds is 4. The largest absolute Gasteiger partial charge is 0.361 e. The molecule has 0 radical (unpaired) electrons. The summed E-state index contributed by atoms with van der Waals surface area (Å²) in [7, 11) is 0. The van der Waals surface area contributed by atoms with E-state index in [9.17, 15) is 9.59 Å². The first kappa shape index (κ1) is 16.2. The molecular weight excluding hydrogens is 451 g/mol. The maximum atomic E-state index is 12.7. The third-order valence-electron chi connectivity index (χ3n) is 2.88. The minimum Gasteiger partial charge on any atom is -0.361 e. The molecule has 0 fully saturated rings. The monoisotopic (exact) mass is 462 g/mol. The summed E-state index contributed by atoms with van der Waals surface area (Å²) in [6.45, 7) is 3.41. The van der Waals surface area contributed by atoms with Crippen molar-refractivity contribution >= 4 is 55.9 Å². The van der Waals surface area contributed by atoms with Gasteiger partial charge in [0.15, 0.2) is 0 Å². The Kier molecular flexibility index (Phi) is 5.15. The van der Waals surface area contributed by atoms with Crippen LogP contribution in [0.3, 0.4) is 0 Å². The van der Waals surface area contributed by atoms with Crippen LogP contribution in [-0.2, 0) is 4.79 Å². The van der Waals surface area contributed by atoms with Crippen molar-refractivity contribution in [2.24, 2.45) is 0 Å². The summed E-state index contributed by atoms with van der Waals surface area (Å²) in [6, 6.07) is 5.28. The molecule has 1 N–H and O–H groups in total. The van der Waals surface area contributed by atoms with Crippen LogP contribution in [0.2, 0.25) is 0 Å². The molecule has 0 saturated carbocycles. The molecule has 0 aliphatic rings. The Morgan fingerprint density at radius 1 is 1.38 bits per heavy atom. The predicted octanol–water partition coefficient (Wildman–Crippen LogP) is 3.46. The van der Waals surface area contributed by atoms with Gasteiger partial charge in [-0.2, -0.15) is 0 Å². The second-order valence-corrected chi connectivity index (χ2v) is 6.21. The SMILES string of the molecule is Cc1noc(C)c1C(=O)c1cc(I)ccc1NC(=O)CBr. The Morgan fingerprint density at radius 2 is 2.10 bits per heavy atom. The van der Waals surface area contributed by atoms with Gasteiger partial charge in [0.1, 0.15) is 5.76 Å². The Bertz CT molecular complexity index is 693. The molecule has 21 heavy (non-hydrogen) atoms. The molecule has 0 spiro atoms. The van der Waals surface area contributed by atoms with Crippen molar-refractivity contribution < 1.29 is 14.1 Å². The van der Waals surface area contributed by atoms with Crippen LogP contribution >= 0.6 is 38.5 Å². The van der Waals surface area contributed by atoms with Crippen molar-refractivity contribution in [2.45, 2.75) is 13.8 Å². The van der Waals surface area contributed by atoms with E-state index in [2.05, 4.69) is 49.0 Å². The van der Waals surface area contributed by atoms with Gasteiger partial charge in [0, 0.05) is 9.13 Å². The Balaban J connectivity index is 2.49. The van der Waals surface area contributed by atoms with Gasteiger partial charge in [0.25, 0.3) is 0 Å². The number of nitrogens with zero attached hydrogens (tertiary/aromatic N) is 1. The van der Waals surface area contributed by atoms with E-state index in [0.29, 0.717) is 28.3 Å². The van der Waals surface area contributed by atoms with Gasteiger partial charge in [-0.1, -0.05) is 21.1 Å². The van der Waals surface area contributed by atoms with Crippen LogP contribution in [0.1, 0.15) is 27.4 Å². The fourth-order valence-corrected chi connectivity index (χ4v) is 2.57. The van der Waals surface area contributed by atoms with Gasteiger partial charge in [-0.15, -0.1) is 0 Å². The van der Waals surface area contributed by atoms with E-state index in [-0.39, 0.29) is 17.0 Å².